The summed E-state index contributed by atoms with van der Waals surface area (Å²) >= 11 is 0. The van der Waals surface area contributed by atoms with Crippen LogP contribution in [0.1, 0.15) is 28.5 Å². The molecule has 0 saturated heterocycles. The van der Waals surface area contributed by atoms with Crippen LogP contribution in [0.15, 0.2) is 84.9 Å². The molecule has 2 heterocycles. The van der Waals surface area contributed by atoms with Gasteiger partial charge in [0.2, 0.25) is 5.91 Å². The predicted octanol–water partition coefficient (Wildman–Crippen LogP) is 4.43. The van der Waals surface area contributed by atoms with E-state index in [1.165, 1.54) is 11.0 Å². The van der Waals surface area contributed by atoms with Gasteiger partial charge in [0, 0.05) is 23.2 Å². The number of hydrogen-bond acceptors (Lipinski definition) is 4. The van der Waals surface area contributed by atoms with Gasteiger partial charge in [-0.05, 0) is 25.1 Å². The van der Waals surface area contributed by atoms with Gasteiger partial charge in [0.1, 0.15) is 22.8 Å². The quantitative estimate of drug-likeness (QED) is 0.409. The zero-order valence-electron chi connectivity index (χ0n) is 20.6. The van der Waals surface area contributed by atoms with Crippen LogP contribution in [0.25, 0.3) is 11.3 Å². The second-order valence-electron chi connectivity index (χ2n) is 9.19. The van der Waals surface area contributed by atoms with Crippen molar-refractivity contribution < 1.29 is 18.7 Å². The number of benzene rings is 3. The summed E-state index contributed by atoms with van der Waals surface area (Å²) in [7, 11) is 1.57. The van der Waals surface area contributed by atoms with Gasteiger partial charge in [0.25, 0.3) is 5.91 Å². The number of hydrogen-bond donors (Lipinski definition) is 1. The van der Waals surface area contributed by atoms with Crippen molar-refractivity contribution in [3.63, 3.8) is 0 Å². The molecule has 8 heteroatoms. The lowest BCUT2D eigenvalue weighted by Crippen LogP contribution is -2.63. The summed E-state index contributed by atoms with van der Waals surface area (Å²) < 4.78 is 21.6. The van der Waals surface area contributed by atoms with E-state index in [9.17, 15) is 14.0 Å². The van der Waals surface area contributed by atoms with Gasteiger partial charge in [0.05, 0.1) is 25.9 Å². The van der Waals surface area contributed by atoms with Gasteiger partial charge in [-0.15, -0.1) is 0 Å². The van der Waals surface area contributed by atoms with E-state index in [-0.39, 0.29) is 31.4 Å². The van der Waals surface area contributed by atoms with Crippen LogP contribution in [0.3, 0.4) is 0 Å². The molecule has 1 aromatic heterocycles. The van der Waals surface area contributed by atoms with Gasteiger partial charge >= 0.3 is 0 Å². The van der Waals surface area contributed by atoms with E-state index >= 15 is 0 Å². The maximum Gasteiger partial charge on any atom is 0.273 e. The van der Waals surface area contributed by atoms with Crippen LogP contribution in [0, 0.1) is 5.82 Å². The summed E-state index contributed by atoms with van der Waals surface area (Å²) in [5.74, 6) is -0.543. The van der Waals surface area contributed by atoms with Crippen molar-refractivity contribution in [1.82, 2.24) is 20.0 Å². The monoisotopic (exact) mass is 498 g/mol. The normalized spacial score (nSPS) is 16.8. The van der Waals surface area contributed by atoms with E-state index in [4.69, 9.17) is 4.74 Å². The zero-order valence-corrected chi connectivity index (χ0v) is 20.6. The van der Waals surface area contributed by atoms with E-state index in [1.807, 2.05) is 54.6 Å². The Kier molecular flexibility index (Phi) is 6.48. The van der Waals surface area contributed by atoms with Crippen LogP contribution >= 0.6 is 0 Å². The van der Waals surface area contributed by atoms with Gasteiger partial charge in [-0.3, -0.25) is 14.3 Å². The second-order valence-corrected chi connectivity index (χ2v) is 9.19. The first-order valence-corrected chi connectivity index (χ1v) is 12.0. The van der Waals surface area contributed by atoms with Crippen molar-refractivity contribution in [2.75, 3.05) is 7.11 Å². The molecule has 1 aliphatic rings. The summed E-state index contributed by atoms with van der Waals surface area (Å²) in [6.45, 7) is 1.96. The second kappa shape index (κ2) is 9.89. The van der Waals surface area contributed by atoms with Gasteiger partial charge in [-0.1, -0.05) is 66.7 Å². The van der Waals surface area contributed by atoms with Crippen molar-refractivity contribution in [3.8, 4) is 17.0 Å². The van der Waals surface area contributed by atoms with Crippen LogP contribution in [-0.2, 0) is 24.4 Å². The Bertz CT molecular complexity index is 1450. The maximum absolute atomic E-state index is 14.6. The molecule has 0 aliphatic carbocycles. The fourth-order valence-corrected chi connectivity index (χ4v) is 4.65. The van der Waals surface area contributed by atoms with Crippen LogP contribution < -0.4 is 10.1 Å². The summed E-state index contributed by atoms with van der Waals surface area (Å²) in [5.41, 5.74) is 1.65. The third-order valence-electron chi connectivity index (χ3n) is 6.77. The number of halogens is 1. The van der Waals surface area contributed by atoms with Crippen molar-refractivity contribution in [1.29, 1.82) is 0 Å². The molecule has 0 radical (unpaired) electrons. The zero-order chi connectivity index (χ0) is 26.0. The van der Waals surface area contributed by atoms with E-state index < -0.39 is 11.4 Å². The first-order chi connectivity index (χ1) is 17.9. The van der Waals surface area contributed by atoms with Crippen LogP contribution in [0.4, 0.5) is 4.39 Å². The number of carbonyl (C=O) groups is 2. The summed E-state index contributed by atoms with van der Waals surface area (Å²) in [6.07, 6.45) is 0. The summed E-state index contributed by atoms with van der Waals surface area (Å²) in [6, 6.07) is 24.9. The Hall–Kier alpha value is -4.46. The highest BCUT2D eigenvalue weighted by molar-refractivity contribution is 6.00. The Morgan fingerprint density at radius 1 is 1.03 bits per heavy atom. The van der Waals surface area contributed by atoms with E-state index in [0.717, 1.165) is 11.1 Å². The van der Waals surface area contributed by atoms with Crippen molar-refractivity contribution in [2.24, 2.45) is 0 Å². The molecule has 2 amide bonds. The number of nitrogens with one attached hydrogen (secondary N) is 1. The number of fused-ring (bicyclic) bond motifs is 1. The number of rotatable bonds is 7. The topological polar surface area (TPSA) is 76.5 Å². The minimum atomic E-state index is -1.33. The molecule has 1 atom stereocenters. The van der Waals surface area contributed by atoms with Crippen molar-refractivity contribution in [2.45, 2.75) is 32.1 Å². The van der Waals surface area contributed by atoms with E-state index in [2.05, 4.69) is 10.4 Å². The fourth-order valence-electron chi connectivity index (χ4n) is 4.65. The Balaban J connectivity index is 1.50. The van der Waals surface area contributed by atoms with Crippen LogP contribution in [0.5, 0.6) is 5.75 Å². The first kappa shape index (κ1) is 24.2. The number of ether oxygens (including phenoxy) is 1. The summed E-state index contributed by atoms with van der Waals surface area (Å²) in [5, 5.41) is 7.61. The maximum atomic E-state index is 14.6. The van der Waals surface area contributed by atoms with Gasteiger partial charge in [0.15, 0.2) is 0 Å². The molecule has 37 heavy (non-hydrogen) atoms. The third-order valence-corrected chi connectivity index (χ3v) is 6.77. The number of para-hydroxylation sites is 1. The van der Waals surface area contributed by atoms with Gasteiger partial charge < -0.3 is 15.0 Å². The molecule has 0 bridgehead atoms. The minimum Gasteiger partial charge on any atom is -0.496 e. The fraction of sp³-hybridized carbons (Fsp3) is 0.207. The lowest BCUT2D eigenvalue weighted by Gasteiger charge is -2.43. The van der Waals surface area contributed by atoms with E-state index in [0.29, 0.717) is 22.7 Å². The minimum absolute atomic E-state index is 0.0596. The molecule has 1 aliphatic heterocycles. The van der Waals surface area contributed by atoms with Crippen molar-refractivity contribution in [3.05, 3.63) is 108 Å². The molecular formula is C29H27FN4O3. The average molecular weight is 499 g/mol. The van der Waals surface area contributed by atoms with Crippen molar-refractivity contribution >= 4 is 11.8 Å². The molecule has 0 spiro atoms. The lowest BCUT2D eigenvalue weighted by molar-refractivity contribution is -0.133. The largest absolute Gasteiger partial charge is 0.496 e. The molecule has 0 fully saturated rings. The highest BCUT2D eigenvalue weighted by Gasteiger charge is 2.48. The SMILES string of the molecule is COc1ccccc1CNC(=O)C1(C)Cn2nc(-c3ccccc3)cc2C(=O)N1Cc1ccccc1F. The molecule has 1 N–H and O–H groups in total. The molecule has 0 saturated carbocycles. The molecule has 188 valence electrons. The molecule has 1 unspecified atom stereocenters. The number of aromatic nitrogens is 2. The Morgan fingerprint density at radius 2 is 1.70 bits per heavy atom. The predicted molar refractivity (Wildman–Crippen MR) is 137 cm³/mol. The lowest BCUT2D eigenvalue weighted by atomic mass is 9.93. The molecular weight excluding hydrogens is 471 g/mol. The molecule has 7 nitrogen and oxygen atoms in total. The molecule has 3 aromatic carbocycles. The first-order valence-electron chi connectivity index (χ1n) is 12.0. The smallest absolute Gasteiger partial charge is 0.273 e. The Labute approximate surface area is 214 Å². The number of methoxy groups -OCH3 is 1. The number of nitrogens with zero attached hydrogens (tertiary/aromatic N) is 3. The molecule has 5 rings (SSSR count). The van der Waals surface area contributed by atoms with E-state index in [1.54, 1.807) is 43.0 Å². The highest BCUT2D eigenvalue weighted by atomic mass is 19.1. The Morgan fingerprint density at radius 3 is 2.43 bits per heavy atom. The van der Waals surface area contributed by atoms with Crippen LogP contribution in [0.2, 0.25) is 0 Å². The summed E-state index contributed by atoms with van der Waals surface area (Å²) in [4.78, 5) is 29.0. The van der Waals surface area contributed by atoms with Gasteiger partial charge in [-0.25, -0.2) is 4.39 Å². The molecule has 4 aromatic rings. The average Bonchev–Trinajstić information content (AvgIpc) is 3.35. The number of amides is 2. The third kappa shape index (κ3) is 4.58. The van der Waals surface area contributed by atoms with Gasteiger partial charge in [-0.2, -0.15) is 5.10 Å². The standard InChI is InChI=1S/C29H27FN4O3/c1-29(28(36)31-17-21-12-7-9-15-26(21)37-2)19-34-25(16-24(32-34)20-10-4-3-5-11-20)27(35)33(29)18-22-13-6-8-14-23(22)30/h3-16H,17-19H2,1-2H3,(H,31,36). The highest BCUT2D eigenvalue weighted by Crippen LogP contribution is 2.32. The van der Waals surface area contributed by atoms with Crippen LogP contribution in [-0.4, -0.2) is 39.1 Å². The number of carbonyl (C=O) groups excluding carboxylic acids is 2.